The molecule has 86 heavy (non-hydrogen) atoms. The van der Waals surface area contributed by atoms with Gasteiger partial charge in [-0.2, -0.15) is 0 Å². The summed E-state index contributed by atoms with van der Waals surface area (Å²) in [4.78, 5) is 97.5. The molecular formula is C65H111BN6O12S2. The van der Waals surface area contributed by atoms with Crippen LogP contribution in [0, 0.1) is 0 Å². The molecule has 0 saturated carbocycles. The van der Waals surface area contributed by atoms with Gasteiger partial charge in [0.2, 0.25) is 35.4 Å². The summed E-state index contributed by atoms with van der Waals surface area (Å²) < 4.78 is 29.3. The molecule has 0 spiro atoms. The van der Waals surface area contributed by atoms with Crippen molar-refractivity contribution in [3.05, 3.63) is 42.3 Å². The van der Waals surface area contributed by atoms with Crippen molar-refractivity contribution in [3.8, 4) is 5.75 Å². The summed E-state index contributed by atoms with van der Waals surface area (Å²) in [6.45, 7) is 20.8. The third kappa shape index (κ3) is 31.0. The second kappa shape index (κ2) is 42.9. The maximum Gasteiger partial charge on any atom is 0.242 e. The lowest BCUT2D eigenvalue weighted by Gasteiger charge is -2.25. The normalized spacial score (nSPS) is 16.3. The van der Waals surface area contributed by atoms with Gasteiger partial charge in [0.1, 0.15) is 19.3 Å². The first-order valence-electron chi connectivity index (χ1n) is 32.1. The van der Waals surface area contributed by atoms with Crippen LogP contribution >= 0.6 is 23.5 Å². The van der Waals surface area contributed by atoms with E-state index in [4.69, 9.17) is 23.7 Å². The molecule has 2 fully saturated rings. The summed E-state index contributed by atoms with van der Waals surface area (Å²) in [5.41, 5.74) is 0.814. The van der Waals surface area contributed by atoms with Gasteiger partial charge in [-0.05, 0) is 166 Å². The Balaban J connectivity index is 1.40. The predicted octanol–water partition coefficient (Wildman–Crippen LogP) is 9.55. The van der Waals surface area contributed by atoms with Crippen LogP contribution in [0.3, 0.4) is 0 Å². The van der Waals surface area contributed by atoms with Crippen LogP contribution < -0.4 is 10.1 Å². The maximum atomic E-state index is 13.9. The number of unbranched alkanes of at least 4 members (excludes halogenated alkanes) is 6. The zero-order valence-corrected chi connectivity index (χ0v) is 56.2. The smallest absolute Gasteiger partial charge is 0.242 e. The third-order valence-corrected chi connectivity index (χ3v) is 19.1. The molecule has 2 aliphatic rings. The molecule has 3 rings (SSSR count). The number of hydrogen-bond donors (Lipinski definition) is 1. The molecular weight excluding hydrogens is 1130 g/mol. The Morgan fingerprint density at radius 2 is 1.30 bits per heavy atom. The number of likely N-dealkylation sites (tertiary alicyclic amines) is 2. The molecule has 21 heteroatoms. The van der Waals surface area contributed by atoms with Gasteiger partial charge in [0.25, 0.3) is 0 Å². The van der Waals surface area contributed by atoms with E-state index in [-0.39, 0.29) is 96.5 Å². The van der Waals surface area contributed by atoms with Gasteiger partial charge >= 0.3 is 0 Å². The second-order valence-corrected chi connectivity index (χ2v) is 27.4. The van der Waals surface area contributed by atoms with Crippen molar-refractivity contribution < 1.29 is 57.2 Å². The first-order chi connectivity index (χ1) is 41.1. The standard InChI is InChI=1S/C65H111BN6O12S2/c1-12-52(53-27-29-55(30-28-53)84-51(2)69(9)37-23-36-68(7)8)25-21-26-59(75)70(38-17-13-15-19-45-85-56-47-60(76)71(62(56)78)40-24-42-73)39-18-14-16-20-46-86-57-48-61(77)72(63(57)79)41-31-58(74)67-35-22-43-82-49-54(66-34-32-64(3,4)80-10)50-83-44-33-65(5,6)81-11/h27-30,42,52,54,56-57,66H,2,12-26,31-41,43-50H2,1,3-11H3,(H,67,74). The summed E-state index contributed by atoms with van der Waals surface area (Å²) >= 11 is 3.04. The number of thioether (sulfide) groups is 2. The fourth-order valence-electron chi connectivity index (χ4n) is 10.3. The summed E-state index contributed by atoms with van der Waals surface area (Å²) in [7, 11) is 10.5. The number of amides is 6. The van der Waals surface area contributed by atoms with Gasteiger partial charge in [-0.15, -0.1) is 23.5 Å². The molecule has 0 aromatic heterocycles. The second-order valence-electron chi connectivity index (χ2n) is 24.7. The van der Waals surface area contributed by atoms with E-state index in [0.29, 0.717) is 70.7 Å². The molecule has 488 valence electrons. The highest BCUT2D eigenvalue weighted by Crippen LogP contribution is 2.30. The van der Waals surface area contributed by atoms with Crippen LogP contribution in [-0.2, 0) is 52.5 Å². The number of carbonyl (C=O) groups excluding carboxylic acids is 7. The molecule has 4 unspecified atom stereocenters. The molecule has 0 aliphatic carbocycles. The van der Waals surface area contributed by atoms with Gasteiger partial charge in [0.15, 0.2) is 5.88 Å². The van der Waals surface area contributed by atoms with Gasteiger partial charge in [-0.25, -0.2) is 0 Å². The number of rotatable bonds is 52. The monoisotopic (exact) mass is 1240 g/mol. The predicted molar refractivity (Wildman–Crippen MR) is 349 cm³/mol. The van der Waals surface area contributed by atoms with E-state index in [1.165, 1.54) is 38.9 Å². The average Bonchev–Trinajstić information content (AvgIpc) is 3.36. The van der Waals surface area contributed by atoms with E-state index < -0.39 is 5.25 Å². The lowest BCUT2D eigenvalue weighted by Crippen LogP contribution is -2.36. The summed E-state index contributed by atoms with van der Waals surface area (Å²) in [6.07, 6.45) is 16.2. The molecule has 0 bridgehead atoms. The minimum absolute atomic E-state index is 0.0572. The molecule has 1 N–H and O–H groups in total. The fourth-order valence-corrected chi connectivity index (χ4v) is 12.7. The minimum atomic E-state index is -0.437. The van der Waals surface area contributed by atoms with Crippen LogP contribution in [0.1, 0.15) is 175 Å². The van der Waals surface area contributed by atoms with Crippen LogP contribution in [0.4, 0.5) is 0 Å². The molecule has 4 atom stereocenters. The number of imide groups is 2. The summed E-state index contributed by atoms with van der Waals surface area (Å²) in [5.74, 6) is 2.58. The van der Waals surface area contributed by atoms with E-state index in [0.717, 1.165) is 140 Å². The Kier molecular flexibility index (Phi) is 38.0. The molecule has 2 heterocycles. The van der Waals surface area contributed by atoms with Gasteiger partial charge in [-0.3, -0.25) is 38.6 Å². The van der Waals surface area contributed by atoms with Crippen LogP contribution in [0.5, 0.6) is 5.75 Å². The van der Waals surface area contributed by atoms with Crippen molar-refractivity contribution in [2.45, 2.75) is 203 Å². The van der Waals surface area contributed by atoms with Crippen molar-refractivity contribution in [3.63, 3.8) is 0 Å². The first kappa shape index (κ1) is 76.3. The number of methoxy groups -OCH3 is 2. The zero-order chi connectivity index (χ0) is 63.3. The number of nitrogens with zero attached hydrogens (tertiary/aromatic N) is 5. The summed E-state index contributed by atoms with van der Waals surface area (Å²) in [6, 6.07) is 8.26. The number of nitrogens with one attached hydrogen (secondary N) is 1. The highest BCUT2D eigenvalue weighted by Gasteiger charge is 2.39. The van der Waals surface area contributed by atoms with E-state index in [2.05, 4.69) is 63.8 Å². The topological polar surface area (TPSA) is 194 Å². The maximum absolute atomic E-state index is 13.9. The molecule has 1 aromatic carbocycles. The Labute approximate surface area is 527 Å². The van der Waals surface area contributed by atoms with Crippen LogP contribution in [0.15, 0.2) is 36.7 Å². The minimum Gasteiger partial charge on any atom is -0.442 e. The summed E-state index contributed by atoms with van der Waals surface area (Å²) in [5, 5.41) is 2.10. The van der Waals surface area contributed by atoms with Crippen molar-refractivity contribution >= 4 is 72.5 Å². The zero-order valence-electron chi connectivity index (χ0n) is 54.6. The van der Waals surface area contributed by atoms with Gasteiger partial charge in [0.05, 0.1) is 21.7 Å². The highest BCUT2D eigenvalue weighted by atomic mass is 32.2. The molecule has 18 nitrogen and oxygen atoms in total. The molecule has 0 radical (unpaired) electrons. The SMILES string of the molecule is C=C(Oc1ccc(C(CC)CCCC(=O)N(CCCCCCSC2CC(=O)N(CCC=O)C2=O)CCCCCCSC2CC(=O)N(CCC(=O)NCCCOCC(BCCC(C)(C)OC)COCCC(C)(C)OC)C2=O)cc1)N(C)CCCN(C)C. The Bertz CT molecular complexity index is 2170. The van der Waals surface area contributed by atoms with E-state index in [9.17, 15) is 33.6 Å². The van der Waals surface area contributed by atoms with E-state index in [1.54, 1.807) is 14.2 Å². The Morgan fingerprint density at radius 3 is 1.87 bits per heavy atom. The lowest BCUT2D eigenvalue weighted by atomic mass is 9.60. The van der Waals surface area contributed by atoms with Crippen LogP contribution in [0.2, 0.25) is 12.1 Å². The largest absolute Gasteiger partial charge is 0.442 e. The number of aldehydes is 1. The Hall–Kier alpha value is -3.99. The first-order valence-corrected chi connectivity index (χ1v) is 34.2. The quantitative estimate of drug-likeness (QED) is 0.0213. The molecule has 2 aliphatic heterocycles. The number of ether oxygens (including phenoxy) is 5. The number of hydrogen-bond acceptors (Lipinski definition) is 16. The lowest BCUT2D eigenvalue weighted by molar-refractivity contribution is -0.140. The van der Waals surface area contributed by atoms with Gasteiger partial charge in [-0.1, -0.05) is 51.1 Å². The Morgan fingerprint density at radius 1 is 0.733 bits per heavy atom. The van der Waals surface area contributed by atoms with Crippen LogP contribution in [-0.4, -0.2) is 214 Å². The number of benzene rings is 1. The van der Waals surface area contributed by atoms with Crippen molar-refractivity contribution in [2.24, 2.45) is 0 Å². The highest BCUT2D eigenvalue weighted by molar-refractivity contribution is 8.00. The van der Waals surface area contributed by atoms with Crippen molar-refractivity contribution in [1.29, 1.82) is 0 Å². The van der Waals surface area contributed by atoms with Gasteiger partial charge in [0, 0.05) is 119 Å². The van der Waals surface area contributed by atoms with Gasteiger partial charge < -0.3 is 48.5 Å². The molecule has 2 saturated heterocycles. The molecule has 1 aromatic rings. The van der Waals surface area contributed by atoms with Crippen LogP contribution in [0.25, 0.3) is 0 Å². The van der Waals surface area contributed by atoms with Crippen molar-refractivity contribution in [1.82, 2.24) is 29.8 Å². The van der Waals surface area contributed by atoms with E-state index >= 15 is 0 Å². The van der Waals surface area contributed by atoms with E-state index in [1.807, 2.05) is 42.8 Å². The fraction of sp³-hybridized carbons (Fsp3) is 0.769. The molecule has 6 amide bonds. The third-order valence-electron chi connectivity index (χ3n) is 16.5. The average molecular weight is 1240 g/mol. The van der Waals surface area contributed by atoms with Crippen molar-refractivity contribution in [2.75, 3.05) is 119 Å². The number of carbonyl (C=O) groups is 7.